The highest BCUT2D eigenvalue weighted by Gasteiger charge is 2.14. The highest BCUT2D eigenvalue weighted by Crippen LogP contribution is 2.18. The van der Waals surface area contributed by atoms with Crippen molar-refractivity contribution in [1.82, 2.24) is 0 Å². The SMILES string of the molecule is COc1ccc(S(=O)(=O)C/C(C)=C/CCl)cc1. The molecule has 17 heavy (non-hydrogen) atoms. The molecular formula is C12H15ClO3S. The number of rotatable bonds is 5. The van der Waals surface area contributed by atoms with Gasteiger partial charge in [-0.3, -0.25) is 0 Å². The Morgan fingerprint density at radius 3 is 2.41 bits per heavy atom. The Bertz CT molecular complexity index is 489. The zero-order valence-electron chi connectivity index (χ0n) is 9.81. The van der Waals surface area contributed by atoms with Gasteiger partial charge in [0.1, 0.15) is 5.75 Å². The third-order valence-corrected chi connectivity index (χ3v) is 4.24. The van der Waals surface area contributed by atoms with Crippen LogP contribution in [0.5, 0.6) is 5.75 Å². The Morgan fingerprint density at radius 2 is 1.94 bits per heavy atom. The number of halogens is 1. The molecule has 0 saturated carbocycles. The zero-order chi connectivity index (χ0) is 12.9. The molecule has 0 aliphatic carbocycles. The first kappa shape index (κ1) is 14.1. The van der Waals surface area contributed by atoms with Gasteiger partial charge < -0.3 is 4.74 Å². The molecule has 0 heterocycles. The lowest BCUT2D eigenvalue weighted by Gasteiger charge is -2.05. The topological polar surface area (TPSA) is 43.4 Å². The van der Waals surface area contributed by atoms with Gasteiger partial charge in [0.05, 0.1) is 17.8 Å². The van der Waals surface area contributed by atoms with E-state index in [-0.39, 0.29) is 5.75 Å². The first-order chi connectivity index (χ1) is 7.99. The summed E-state index contributed by atoms with van der Waals surface area (Å²) in [5, 5.41) is 0. The lowest BCUT2D eigenvalue weighted by molar-refractivity contribution is 0.414. The molecule has 3 nitrogen and oxygen atoms in total. The van der Waals surface area contributed by atoms with Gasteiger partial charge in [-0.1, -0.05) is 11.6 Å². The second kappa shape index (κ2) is 6.07. The molecule has 0 radical (unpaired) electrons. The Morgan fingerprint density at radius 1 is 1.35 bits per heavy atom. The number of hydrogen-bond donors (Lipinski definition) is 0. The highest BCUT2D eigenvalue weighted by atomic mass is 35.5. The van der Waals surface area contributed by atoms with Gasteiger partial charge in [-0.2, -0.15) is 0 Å². The van der Waals surface area contributed by atoms with Crippen LogP contribution in [0.25, 0.3) is 0 Å². The molecule has 0 N–H and O–H groups in total. The number of allylic oxidation sites excluding steroid dienone is 1. The van der Waals surface area contributed by atoms with Crippen LogP contribution in [-0.4, -0.2) is 27.2 Å². The van der Waals surface area contributed by atoms with Crippen molar-refractivity contribution in [3.8, 4) is 5.75 Å². The van der Waals surface area contributed by atoms with E-state index in [0.717, 1.165) is 5.57 Å². The van der Waals surface area contributed by atoms with Crippen LogP contribution in [0.4, 0.5) is 0 Å². The summed E-state index contributed by atoms with van der Waals surface area (Å²) in [6.07, 6.45) is 1.70. The predicted octanol–water partition coefficient (Wildman–Crippen LogP) is 2.65. The summed E-state index contributed by atoms with van der Waals surface area (Å²) in [6, 6.07) is 6.35. The Labute approximate surface area is 107 Å². The third-order valence-electron chi connectivity index (χ3n) is 2.26. The fourth-order valence-corrected chi connectivity index (χ4v) is 3.05. The van der Waals surface area contributed by atoms with Crippen LogP contribution in [-0.2, 0) is 9.84 Å². The van der Waals surface area contributed by atoms with E-state index >= 15 is 0 Å². The van der Waals surface area contributed by atoms with Crippen molar-refractivity contribution in [2.45, 2.75) is 11.8 Å². The second-order valence-electron chi connectivity index (χ2n) is 3.64. The molecule has 0 atom stereocenters. The second-order valence-corrected chi connectivity index (χ2v) is 5.94. The van der Waals surface area contributed by atoms with E-state index in [1.54, 1.807) is 37.3 Å². The number of alkyl halides is 1. The molecule has 1 rings (SSSR count). The molecule has 0 bridgehead atoms. The summed E-state index contributed by atoms with van der Waals surface area (Å²) >= 11 is 5.52. The Hall–Kier alpha value is -1.00. The van der Waals surface area contributed by atoms with E-state index in [2.05, 4.69) is 0 Å². The van der Waals surface area contributed by atoms with Crippen molar-refractivity contribution < 1.29 is 13.2 Å². The van der Waals surface area contributed by atoms with Crippen molar-refractivity contribution in [2.24, 2.45) is 0 Å². The van der Waals surface area contributed by atoms with Crippen molar-refractivity contribution in [3.63, 3.8) is 0 Å². The summed E-state index contributed by atoms with van der Waals surface area (Å²) in [7, 11) is -1.75. The fourth-order valence-electron chi connectivity index (χ4n) is 1.36. The van der Waals surface area contributed by atoms with Crippen molar-refractivity contribution in [3.05, 3.63) is 35.9 Å². The normalized spacial score (nSPS) is 12.5. The first-order valence-corrected chi connectivity index (χ1v) is 7.26. The van der Waals surface area contributed by atoms with E-state index < -0.39 is 9.84 Å². The largest absolute Gasteiger partial charge is 0.497 e. The lowest BCUT2D eigenvalue weighted by Crippen LogP contribution is -2.08. The molecule has 0 fully saturated rings. The quantitative estimate of drug-likeness (QED) is 0.612. The number of methoxy groups -OCH3 is 1. The maximum Gasteiger partial charge on any atom is 0.182 e. The summed E-state index contributed by atoms with van der Waals surface area (Å²) in [5.74, 6) is 0.952. The van der Waals surface area contributed by atoms with Crippen molar-refractivity contribution >= 4 is 21.4 Å². The van der Waals surface area contributed by atoms with Gasteiger partial charge in [-0.15, -0.1) is 11.6 Å². The molecule has 0 saturated heterocycles. The van der Waals surface area contributed by atoms with Crippen LogP contribution < -0.4 is 4.74 Å². The Balaban J connectivity index is 2.93. The van der Waals surface area contributed by atoms with Gasteiger partial charge in [-0.05, 0) is 31.2 Å². The number of benzene rings is 1. The summed E-state index contributed by atoms with van der Waals surface area (Å²) < 4.78 is 29.0. The summed E-state index contributed by atoms with van der Waals surface area (Å²) in [5.41, 5.74) is 0.746. The molecule has 0 aliphatic heterocycles. The van der Waals surface area contributed by atoms with Crippen LogP contribution in [0.3, 0.4) is 0 Å². The third kappa shape index (κ3) is 4.06. The van der Waals surface area contributed by atoms with E-state index in [4.69, 9.17) is 16.3 Å². The summed E-state index contributed by atoms with van der Waals surface area (Å²) in [4.78, 5) is 0.292. The molecule has 1 aromatic carbocycles. The molecule has 0 unspecified atom stereocenters. The average Bonchev–Trinajstić information content (AvgIpc) is 2.28. The zero-order valence-corrected chi connectivity index (χ0v) is 11.4. The number of hydrogen-bond acceptors (Lipinski definition) is 3. The molecule has 94 valence electrons. The predicted molar refractivity (Wildman–Crippen MR) is 69.5 cm³/mol. The Kier molecular flexibility index (Phi) is 5.02. The van der Waals surface area contributed by atoms with Gasteiger partial charge in [0.25, 0.3) is 0 Å². The standard InChI is InChI=1S/C12H15ClO3S/c1-10(7-8-13)9-17(14,15)12-5-3-11(16-2)4-6-12/h3-7H,8-9H2,1-2H3/b10-7+. The van der Waals surface area contributed by atoms with Crippen LogP contribution in [0.15, 0.2) is 40.8 Å². The fraction of sp³-hybridized carbons (Fsp3) is 0.333. The molecule has 0 spiro atoms. The maximum atomic E-state index is 12.0. The summed E-state index contributed by atoms with van der Waals surface area (Å²) in [6.45, 7) is 1.75. The number of ether oxygens (including phenoxy) is 1. The minimum Gasteiger partial charge on any atom is -0.497 e. The van der Waals surface area contributed by atoms with Crippen LogP contribution in [0.1, 0.15) is 6.92 Å². The first-order valence-electron chi connectivity index (χ1n) is 5.08. The van der Waals surface area contributed by atoms with E-state index in [1.165, 1.54) is 7.11 Å². The lowest BCUT2D eigenvalue weighted by atomic mass is 10.3. The minimum absolute atomic E-state index is 0.00789. The highest BCUT2D eigenvalue weighted by molar-refractivity contribution is 7.91. The molecule has 0 amide bonds. The van der Waals surface area contributed by atoms with E-state index in [9.17, 15) is 8.42 Å². The maximum absolute atomic E-state index is 12.0. The molecular weight excluding hydrogens is 260 g/mol. The smallest absolute Gasteiger partial charge is 0.182 e. The molecule has 1 aromatic rings. The van der Waals surface area contributed by atoms with Crippen LogP contribution >= 0.6 is 11.6 Å². The van der Waals surface area contributed by atoms with E-state index in [0.29, 0.717) is 16.5 Å². The van der Waals surface area contributed by atoms with Crippen LogP contribution in [0.2, 0.25) is 0 Å². The van der Waals surface area contributed by atoms with Crippen LogP contribution in [0, 0.1) is 0 Å². The van der Waals surface area contributed by atoms with Crippen molar-refractivity contribution in [2.75, 3.05) is 18.7 Å². The molecule has 5 heteroatoms. The monoisotopic (exact) mass is 274 g/mol. The van der Waals surface area contributed by atoms with Gasteiger partial charge in [0.2, 0.25) is 0 Å². The van der Waals surface area contributed by atoms with Gasteiger partial charge in [0.15, 0.2) is 9.84 Å². The van der Waals surface area contributed by atoms with E-state index in [1.807, 2.05) is 0 Å². The minimum atomic E-state index is -3.29. The van der Waals surface area contributed by atoms with Crippen molar-refractivity contribution in [1.29, 1.82) is 0 Å². The molecule has 0 aromatic heterocycles. The van der Waals surface area contributed by atoms with Gasteiger partial charge in [0, 0.05) is 5.88 Å². The molecule has 0 aliphatic rings. The number of sulfone groups is 1. The van der Waals surface area contributed by atoms with Gasteiger partial charge >= 0.3 is 0 Å². The average molecular weight is 275 g/mol. The van der Waals surface area contributed by atoms with Gasteiger partial charge in [-0.25, -0.2) is 8.42 Å².